The molecule has 0 heterocycles. The summed E-state index contributed by atoms with van der Waals surface area (Å²) >= 11 is 0. The van der Waals surface area contributed by atoms with E-state index in [1.54, 1.807) is 12.1 Å². The van der Waals surface area contributed by atoms with Crippen molar-refractivity contribution in [1.82, 2.24) is 4.31 Å². The van der Waals surface area contributed by atoms with Gasteiger partial charge < -0.3 is 4.74 Å². The van der Waals surface area contributed by atoms with Gasteiger partial charge >= 0.3 is 0 Å². The highest BCUT2D eigenvalue weighted by Gasteiger charge is 2.29. The Bertz CT molecular complexity index is 578. The number of nitrogens with zero attached hydrogens (tertiary/aromatic N) is 2. The fourth-order valence-electron chi connectivity index (χ4n) is 1.87. The van der Waals surface area contributed by atoms with E-state index in [4.69, 9.17) is 10.00 Å². The van der Waals surface area contributed by atoms with Crippen LogP contribution >= 0.6 is 0 Å². The van der Waals surface area contributed by atoms with Crippen LogP contribution in [0, 0.1) is 11.3 Å². The van der Waals surface area contributed by atoms with E-state index < -0.39 is 10.0 Å². The third-order valence-corrected chi connectivity index (χ3v) is 5.26. The van der Waals surface area contributed by atoms with Crippen LogP contribution in [0.2, 0.25) is 0 Å². The number of nitriles is 1. The molecule has 0 bridgehead atoms. The number of benzene rings is 1. The molecule has 0 aliphatic rings. The van der Waals surface area contributed by atoms with Crippen molar-refractivity contribution in [3.05, 3.63) is 29.8 Å². The summed E-state index contributed by atoms with van der Waals surface area (Å²) in [5.41, 5.74) is 0.165. The Hall–Kier alpha value is -1.42. The predicted molar refractivity (Wildman–Crippen MR) is 76.7 cm³/mol. The Morgan fingerprint density at radius 1 is 1.40 bits per heavy atom. The molecule has 1 aromatic rings. The van der Waals surface area contributed by atoms with Crippen LogP contribution in [-0.4, -0.2) is 39.0 Å². The molecule has 1 rings (SSSR count). The zero-order valence-electron chi connectivity index (χ0n) is 12.0. The molecule has 0 spiro atoms. The van der Waals surface area contributed by atoms with E-state index in [1.807, 2.05) is 19.9 Å². The number of hydrogen-bond acceptors (Lipinski definition) is 4. The second kappa shape index (κ2) is 7.39. The molecular weight excluding hydrogens is 276 g/mol. The first kappa shape index (κ1) is 16.6. The summed E-state index contributed by atoms with van der Waals surface area (Å²) in [4.78, 5) is 0.0545. The van der Waals surface area contributed by atoms with Crippen molar-refractivity contribution in [1.29, 1.82) is 5.26 Å². The van der Waals surface area contributed by atoms with Crippen molar-refractivity contribution >= 4 is 10.0 Å². The van der Waals surface area contributed by atoms with Gasteiger partial charge in [0, 0.05) is 19.7 Å². The highest BCUT2D eigenvalue weighted by Crippen LogP contribution is 2.22. The molecule has 1 aromatic carbocycles. The molecule has 0 N–H and O–H groups in total. The third-order valence-electron chi connectivity index (χ3n) is 3.19. The van der Waals surface area contributed by atoms with Gasteiger partial charge in [0.2, 0.25) is 10.0 Å². The minimum atomic E-state index is -3.70. The summed E-state index contributed by atoms with van der Waals surface area (Å²) < 4.78 is 31.9. The zero-order valence-corrected chi connectivity index (χ0v) is 12.9. The summed E-state index contributed by atoms with van der Waals surface area (Å²) in [6, 6.07) is 8.04. The number of rotatable bonds is 7. The lowest BCUT2D eigenvalue weighted by Gasteiger charge is -2.27. The van der Waals surface area contributed by atoms with Gasteiger partial charge in [0.15, 0.2) is 0 Å². The summed E-state index contributed by atoms with van der Waals surface area (Å²) in [7, 11) is -2.16. The van der Waals surface area contributed by atoms with Crippen LogP contribution in [0.15, 0.2) is 29.2 Å². The smallest absolute Gasteiger partial charge is 0.244 e. The molecule has 0 aromatic heterocycles. The monoisotopic (exact) mass is 296 g/mol. The fraction of sp³-hybridized carbons (Fsp3) is 0.500. The second-order valence-electron chi connectivity index (χ2n) is 4.47. The van der Waals surface area contributed by atoms with Crippen LogP contribution in [0.1, 0.15) is 25.8 Å². The number of hydrogen-bond donors (Lipinski definition) is 0. The maximum atomic E-state index is 12.7. The van der Waals surface area contributed by atoms with E-state index in [2.05, 4.69) is 0 Å². The lowest BCUT2D eigenvalue weighted by molar-refractivity contribution is 0.167. The minimum Gasteiger partial charge on any atom is -0.383 e. The molecule has 1 atom stereocenters. The van der Waals surface area contributed by atoms with E-state index in [1.165, 1.54) is 23.5 Å². The molecule has 0 saturated carbocycles. The van der Waals surface area contributed by atoms with Crippen molar-refractivity contribution in [2.75, 3.05) is 20.3 Å². The van der Waals surface area contributed by atoms with E-state index in [0.29, 0.717) is 13.0 Å². The fourth-order valence-corrected chi connectivity index (χ4v) is 3.71. The first-order valence-electron chi connectivity index (χ1n) is 6.49. The maximum absolute atomic E-state index is 12.7. The van der Waals surface area contributed by atoms with Crippen LogP contribution in [0.25, 0.3) is 0 Å². The Balaban J connectivity index is 3.26. The minimum absolute atomic E-state index is 0.0545. The lowest BCUT2D eigenvalue weighted by atomic mass is 10.2. The average molecular weight is 296 g/mol. The number of methoxy groups -OCH3 is 1. The molecule has 5 nitrogen and oxygen atoms in total. The van der Waals surface area contributed by atoms with Crippen molar-refractivity contribution in [3.63, 3.8) is 0 Å². The molecule has 0 fully saturated rings. The Morgan fingerprint density at radius 3 is 2.60 bits per heavy atom. The van der Waals surface area contributed by atoms with Crippen molar-refractivity contribution in [3.8, 4) is 6.07 Å². The Morgan fingerprint density at radius 2 is 2.05 bits per heavy atom. The van der Waals surface area contributed by atoms with Gasteiger partial charge in [0.25, 0.3) is 0 Å². The van der Waals surface area contributed by atoms with E-state index in [9.17, 15) is 8.42 Å². The van der Waals surface area contributed by atoms with Gasteiger partial charge in [-0.15, -0.1) is 0 Å². The van der Waals surface area contributed by atoms with Gasteiger partial charge in [-0.3, -0.25) is 0 Å². The quantitative estimate of drug-likeness (QED) is 0.771. The summed E-state index contributed by atoms with van der Waals surface area (Å²) in [5, 5.41) is 9.08. The second-order valence-corrected chi connectivity index (χ2v) is 6.33. The summed E-state index contributed by atoms with van der Waals surface area (Å²) in [6.07, 6.45) is 0.692. The standard InChI is InChI=1S/C14H20N2O3S/c1-4-12(2)16(9-10-19-3)20(17,18)14-8-6-5-7-13(14)11-15/h5-8,12H,4,9-10H2,1-3H3. The zero-order chi connectivity index (χ0) is 15.2. The highest BCUT2D eigenvalue weighted by atomic mass is 32.2. The summed E-state index contributed by atoms with van der Waals surface area (Å²) in [6.45, 7) is 4.37. The molecule has 0 aliphatic carbocycles. The SMILES string of the molecule is CCC(C)N(CCOC)S(=O)(=O)c1ccccc1C#N. The molecule has 6 heteroatoms. The lowest BCUT2D eigenvalue weighted by Crippen LogP contribution is -2.40. The predicted octanol–water partition coefficient (Wildman–Crippen LogP) is 1.99. The van der Waals surface area contributed by atoms with Gasteiger partial charge in [-0.25, -0.2) is 8.42 Å². The molecule has 0 radical (unpaired) electrons. The van der Waals surface area contributed by atoms with Crippen LogP contribution in [0.3, 0.4) is 0 Å². The molecule has 0 amide bonds. The van der Waals surface area contributed by atoms with E-state index in [-0.39, 0.29) is 23.0 Å². The molecule has 110 valence electrons. The Labute approximate surface area is 120 Å². The number of sulfonamides is 1. The first-order valence-corrected chi connectivity index (χ1v) is 7.93. The van der Waals surface area contributed by atoms with Crippen LogP contribution in [0.4, 0.5) is 0 Å². The first-order chi connectivity index (χ1) is 9.48. The summed E-state index contributed by atoms with van der Waals surface area (Å²) in [5.74, 6) is 0. The normalized spacial score (nSPS) is 13.2. The molecule has 20 heavy (non-hydrogen) atoms. The van der Waals surface area contributed by atoms with Gasteiger partial charge in [-0.05, 0) is 25.5 Å². The van der Waals surface area contributed by atoms with E-state index in [0.717, 1.165) is 0 Å². The van der Waals surface area contributed by atoms with Crippen molar-refractivity contribution in [2.24, 2.45) is 0 Å². The maximum Gasteiger partial charge on any atom is 0.244 e. The molecular formula is C14H20N2O3S. The molecule has 0 aliphatic heterocycles. The third kappa shape index (κ3) is 3.57. The van der Waals surface area contributed by atoms with E-state index >= 15 is 0 Å². The van der Waals surface area contributed by atoms with Gasteiger partial charge in [0.1, 0.15) is 6.07 Å². The van der Waals surface area contributed by atoms with Gasteiger partial charge in [-0.1, -0.05) is 19.1 Å². The van der Waals surface area contributed by atoms with Crippen LogP contribution in [0.5, 0.6) is 0 Å². The molecule has 0 saturated heterocycles. The van der Waals surface area contributed by atoms with Crippen molar-refractivity contribution < 1.29 is 13.2 Å². The number of ether oxygens (including phenoxy) is 1. The van der Waals surface area contributed by atoms with Gasteiger partial charge in [-0.2, -0.15) is 9.57 Å². The van der Waals surface area contributed by atoms with Crippen LogP contribution < -0.4 is 0 Å². The van der Waals surface area contributed by atoms with Gasteiger partial charge in [0.05, 0.1) is 17.1 Å². The van der Waals surface area contributed by atoms with Crippen molar-refractivity contribution in [2.45, 2.75) is 31.2 Å². The topological polar surface area (TPSA) is 70.4 Å². The largest absolute Gasteiger partial charge is 0.383 e. The highest BCUT2D eigenvalue weighted by molar-refractivity contribution is 7.89. The Kier molecular flexibility index (Phi) is 6.14. The average Bonchev–Trinajstić information content (AvgIpc) is 2.46. The molecule has 1 unspecified atom stereocenters. The van der Waals surface area contributed by atoms with Crippen LogP contribution in [-0.2, 0) is 14.8 Å².